The summed E-state index contributed by atoms with van der Waals surface area (Å²) in [4.78, 5) is 0. The van der Waals surface area contributed by atoms with Gasteiger partial charge >= 0.3 is 0 Å². The zero-order valence-electron chi connectivity index (χ0n) is 13.0. The summed E-state index contributed by atoms with van der Waals surface area (Å²) in [5, 5.41) is 0.704. The number of ether oxygens (including phenoxy) is 2. The molecule has 0 unspecified atom stereocenters. The van der Waals surface area contributed by atoms with E-state index in [4.69, 9.17) is 21.1 Å². The first-order valence-corrected chi connectivity index (χ1v) is 7.68. The molecule has 0 saturated heterocycles. The Labute approximate surface area is 141 Å². The Morgan fingerprint density at radius 2 is 1.30 bits per heavy atom. The average molecular weight is 325 g/mol. The second kappa shape index (κ2) is 6.76. The Kier molecular flexibility index (Phi) is 4.54. The van der Waals surface area contributed by atoms with Gasteiger partial charge < -0.3 is 9.47 Å². The molecule has 0 radical (unpaired) electrons. The van der Waals surface area contributed by atoms with Gasteiger partial charge in [0, 0.05) is 21.7 Å². The van der Waals surface area contributed by atoms with Gasteiger partial charge in [-0.3, -0.25) is 0 Å². The standard InChI is InChI=1S/C20H17ClO2/c1-22-19-10-6-4-7-15(19)14-11-12-17(20(13-14)23-2)16-8-3-5-9-18(16)21/h3-13H,1-2H3. The normalized spacial score (nSPS) is 10.4. The van der Waals surface area contributed by atoms with Gasteiger partial charge in [0.15, 0.2) is 0 Å². The number of halogens is 1. The number of hydrogen-bond acceptors (Lipinski definition) is 2. The summed E-state index contributed by atoms with van der Waals surface area (Å²) in [6.07, 6.45) is 0. The summed E-state index contributed by atoms with van der Waals surface area (Å²) in [6, 6.07) is 21.8. The highest BCUT2D eigenvalue weighted by Crippen LogP contribution is 2.39. The number of benzene rings is 3. The van der Waals surface area contributed by atoms with Crippen molar-refractivity contribution in [2.45, 2.75) is 0 Å². The molecule has 0 saturated carbocycles. The third-order valence-electron chi connectivity index (χ3n) is 3.78. The number of para-hydroxylation sites is 1. The summed E-state index contributed by atoms with van der Waals surface area (Å²) >= 11 is 6.32. The third kappa shape index (κ3) is 3.03. The summed E-state index contributed by atoms with van der Waals surface area (Å²) in [6.45, 7) is 0. The van der Waals surface area contributed by atoms with Crippen molar-refractivity contribution in [3.05, 3.63) is 71.8 Å². The van der Waals surface area contributed by atoms with Crippen LogP contribution in [0.3, 0.4) is 0 Å². The van der Waals surface area contributed by atoms with Crippen LogP contribution in [0.25, 0.3) is 22.3 Å². The second-order valence-electron chi connectivity index (χ2n) is 5.10. The van der Waals surface area contributed by atoms with Gasteiger partial charge in [-0.05, 0) is 29.8 Å². The van der Waals surface area contributed by atoms with Crippen LogP contribution in [0.1, 0.15) is 0 Å². The summed E-state index contributed by atoms with van der Waals surface area (Å²) in [5.41, 5.74) is 3.99. The largest absolute Gasteiger partial charge is 0.496 e. The zero-order valence-corrected chi connectivity index (χ0v) is 13.8. The van der Waals surface area contributed by atoms with E-state index in [0.717, 1.165) is 33.8 Å². The van der Waals surface area contributed by atoms with Crippen molar-refractivity contribution in [1.82, 2.24) is 0 Å². The van der Waals surface area contributed by atoms with Crippen molar-refractivity contribution in [3.8, 4) is 33.8 Å². The molecule has 3 aromatic rings. The second-order valence-corrected chi connectivity index (χ2v) is 5.50. The summed E-state index contributed by atoms with van der Waals surface area (Å²) < 4.78 is 11.0. The van der Waals surface area contributed by atoms with Gasteiger partial charge in [-0.2, -0.15) is 0 Å². The van der Waals surface area contributed by atoms with Crippen LogP contribution >= 0.6 is 11.6 Å². The molecule has 0 N–H and O–H groups in total. The fourth-order valence-electron chi connectivity index (χ4n) is 2.64. The van der Waals surface area contributed by atoms with Crippen LogP contribution in [0.4, 0.5) is 0 Å². The van der Waals surface area contributed by atoms with E-state index in [1.807, 2.05) is 60.7 Å². The lowest BCUT2D eigenvalue weighted by molar-refractivity contribution is 0.414. The molecule has 0 aliphatic carbocycles. The Balaban J connectivity index is 2.12. The van der Waals surface area contributed by atoms with E-state index in [1.165, 1.54) is 0 Å². The van der Waals surface area contributed by atoms with E-state index < -0.39 is 0 Å². The maximum absolute atomic E-state index is 6.32. The minimum Gasteiger partial charge on any atom is -0.496 e. The Bertz CT molecular complexity index is 827. The first-order chi connectivity index (χ1) is 11.2. The van der Waals surface area contributed by atoms with Crippen molar-refractivity contribution < 1.29 is 9.47 Å². The van der Waals surface area contributed by atoms with Crippen molar-refractivity contribution in [1.29, 1.82) is 0 Å². The molecule has 0 aliphatic heterocycles. The molecule has 0 aliphatic rings. The minimum atomic E-state index is 0.704. The SMILES string of the molecule is COc1ccccc1-c1ccc(-c2ccccc2Cl)c(OC)c1. The minimum absolute atomic E-state index is 0.704. The van der Waals surface area contributed by atoms with Crippen molar-refractivity contribution in [2.75, 3.05) is 14.2 Å². The topological polar surface area (TPSA) is 18.5 Å². The van der Waals surface area contributed by atoms with E-state index in [1.54, 1.807) is 14.2 Å². The molecule has 0 amide bonds. The number of hydrogen-bond donors (Lipinski definition) is 0. The maximum atomic E-state index is 6.32. The van der Waals surface area contributed by atoms with Crippen LogP contribution in [0.15, 0.2) is 66.7 Å². The van der Waals surface area contributed by atoms with E-state index in [-0.39, 0.29) is 0 Å². The van der Waals surface area contributed by atoms with Crippen LogP contribution in [-0.2, 0) is 0 Å². The molecule has 2 nitrogen and oxygen atoms in total. The lowest BCUT2D eigenvalue weighted by Gasteiger charge is -2.14. The zero-order chi connectivity index (χ0) is 16.2. The summed E-state index contributed by atoms with van der Waals surface area (Å²) in [7, 11) is 3.34. The lowest BCUT2D eigenvalue weighted by atomic mass is 9.98. The van der Waals surface area contributed by atoms with Gasteiger partial charge in [0.05, 0.1) is 14.2 Å². The highest BCUT2D eigenvalue weighted by molar-refractivity contribution is 6.33. The Hall–Kier alpha value is -2.45. The van der Waals surface area contributed by atoms with E-state index >= 15 is 0 Å². The number of rotatable bonds is 4. The van der Waals surface area contributed by atoms with Crippen molar-refractivity contribution in [3.63, 3.8) is 0 Å². The molecule has 23 heavy (non-hydrogen) atoms. The van der Waals surface area contributed by atoms with Crippen molar-refractivity contribution in [2.24, 2.45) is 0 Å². The first-order valence-electron chi connectivity index (χ1n) is 7.31. The fraction of sp³-hybridized carbons (Fsp3) is 0.100. The quantitative estimate of drug-likeness (QED) is 0.613. The first kappa shape index (κ1) is 15.4. The highest BCUT2D eigenvalue weighted by atomic mass is 35.5. The predicted molar refractivity (Wildman–Crippen MR) is 95.4 cm³/mol. The average Bonchev–Trinajstić information content (AvgIpc) is 2.61. The van der Waals surface area contributed by atoms with Crippen LogP contribution in [0.5, 0.6) is 11.5 Å². The molecule has 3 rings (SSSR count). The molecule has 3 heteroatoms. The molecule has 0 atom stereocenters. The van der Waals surface area contributed by atoms with Crippen LogP contribution in [0.2, 0.25) is 5.02 Å². The monoisotopic (exact) mass is 324 g/mol. The molecule has 116 valence electrons. The van der Waals surface area contributed by atoms with E-state index in [2.05, 4.69) is 6.07 Å². The van der Waals surface area contributed by atoms with Gasteiger partial charge in [-0.1, -0.05) is 54.1 Å². The molecule has 0 spiro atoms. The predicted octanol–water partition coefficient (Wildman–Crippen LogP) is 5.69. The van der Waals surface area contributed by atoms with Crippen LogP contribution < -0.4 is 9.47 Å². The van der Waals surface area contributed by atoms with E-state index in [0.29, 0.717) is 5.02 Å². The third-order valence-corrected chi connectivity index (χ3v) is 4.11. The molecular weight excluding hydrogens is 308 g/mol. The molecular formula is C20H17ClO2. The molecule has 0 heterocycles. The van der Waals surface area contributed by atoms with Gasteiger partial charge in [-0.15, -0.1) is 0 Å². The van der Waals surface area contributed by atoms with Gasteiger partial charge in [-0.25, -0.2) is 0 Å². The lowest BCUT2D eigenvalue weighted by Crippen LogP contribution is -1.91. The Morgan fingerprint density at radius 1 is 0.652 bits per heavy atom. The fourth-order valence-corrected chi connectivity index (χ4v) is 2.88. The van der Waals surface area contributed by atoms with Gasteiger partial charge in [0.25, 0.3) is 0 Å². The molecule has 0 fully saturated rings. The molecule has 0 bridgehead atoms. The summed E-state index contributed by atoms with van der Waals surface area (Å²) in [5.74, 6) is 1.61. The van der Waals surface area contributed by atoms with Crippen molar-refractivity contribution >= 4 is 11.6 Å². The van der Waals surface area contributed by atoms with Gasteiger partial charge in [0.2, 0.25) is 0 Å². The highest BCUT2D eigenvalue weighted by Gasteiger charge is 2.12. The Morgan fingerprint density at radius 3 is 2.00 bits per heavy atom. The van der Waals surface area contributed by atoms with Gasteiger partial charge in [0.1, 0.15) is 11.5 Å². The smallest absolute Gasteiger partial charge is 0.127 e. The maximum Gasteiger partial charge on any atom is 0.127 e. The van der Waals surface area contributed by atoms with Crippen LogP contribution in [-0.4, -0.2) is 14.2 Å². The molecule has 3 aromatic carbocycles. The van der Waals surface area contributed by atoms with E-state index in [9.17, 15) is 0 Å². The van der Waals surface area contributed by atoms with Crippen LogP contribution in [0, 0.1) is 0 Å². The molecule has 0 aromatic heterocycles. The number of methoxy groups -OCH3 is 2.